The zero-order valence-corrected chi connectivity index (χ0v) is 11.2. The van der Waals surface area contributed by atoms with E-state index in [1.807, 2.05) is 0 Å². The minimum Gasteiger partial charge on any atom is -0.372 e. The van der Waals surface area contributed by atoms with Crippen LogP contribution in [0.25, 0.3) is 0 Å². The second kappa shape index (κ2) is 6.88. The number of nitrogens with two attached hydrogens (primary N) is 1. The van der Waals surface area contributed by atoms with Crippen molar-refractivity contribution < 1.29 is 4.74 Å². The van der Waals surface area contributed by atoms with Crippen molar-refractivity contribution in [3.05, 3.63) is 35.9 Å². The van der Waals surface area contributed by atoms with Gasteiger partial charge in [0.15, 0.2) is 0 Å². The molecule has 2 N–H and O–H groups in total. The fourth-order valence-electron chi connectivity index (χ4n) is 2.52. The Morgan fingerprint density at radius 2 is 1.94 bits per heavy atom. The van der Waals surface area contributed by atoms with Crippen LogP contribution in [0.3, 0.4) is 0 Å². The minimum atomic E-state index is 0.283. The van der Waals surface area contributed by atoms with Crippen molar-refractivity contribution in [2.75, 3.05) is 19.6 Å². The van der Waals surface area contributed by atoms with Gasteiger partial charge in [0, 0.05) is 19.6 Å². The molecule has 2 unspecified atom stereocenters. The normalized spacial score (nSPS) is 23.7. The van der Waals surface area contributed by atoms with E-state index < -0.39 is 0 Å². The summed E-state index contributed by atoms with van der Waals surface area (Å²) in [5.41, 5.74) is 7.01. The molecule has 1 saturated heterocycles. The summed E-state index contributed by atoms with van der Waals surface area (Å²) in [6.45, 7) is 5.94. The van der Waals surface area contributed by atoms with Crippen LogP contribution in [0, 0.1) is 0 Å². The van der Waals surface area contributed by atoms with Gasteiger partial charge in [0.25, 0.3) is 0 Å². The summed E-state index contributed by atoms with van der Waals surface area (Å²) in [5.74, 6) is 0. The lowest BCUT2D eigenvalue weighted by Crippen LogP contribution is -2.32. The average Bonchev–Trinajstić information content (AvgIpc) is 2.87. The lowest BCUT2D eigenvalue weighted by atomic mass is 10.1. The van der Waals surface area contributed by atoms with Gasteiger partial charge in [-0.2, -0.15) is 0 Å². The molecule has 0 bridgehead atoms. The van der Waals surface area contributed by atoms with Crippen LogP contribution in [0.15, 0.2) is 30.3 Å². The third kappa shape index (κ3) is 3.80. The highest BCUT2D eigenvalue weighted by Gasteiger charge is 2.25. The zero-order chi connectivity index (χ0) is 12.8. The van der Waals surface area contributed by atoms with Gasteiger partial charge in [0.2, 0.25) is 0 Å². The monoisotopic (exact) mass is 248 g/mol. The first-order valence-electron chi connectivity index (χ1n) is 6.93. The predicted molar refractivity (Wildman–Crippen MR) is 74.3 cm³/mol. The first-order valence-corrected chi connectivity index (χ1v) is 6.93. The van der Waals surface area contributed by atoms with Crippen molar-refractivity contribution in [3.8, 4) is 0 Å². The van der Waals surface area contributed by atoms with E-state index in [-0.39, 0.29) is 6.10 Å². The fraction of sp³-hybridized carbons (Fsp3) is 0.600. The molecular formula is C15H24N2O. The molecule has 2 atom stereocenters. The highest BCUT2D eigenvalue weighted by molar-refractivity contribution is 5.14. The molecule has 1 aromatic rings. The molecule has 0 radical (unpaired) electrons. The van der Waals surface area contributed by atoms with E-state index in [9.17, 15) is 0 Å². The van der Waals surface area contributed by atoms with Crippen molar-refractivity contribution in [3.63, 3.8) is 0 Å². The molecule has 0 saturated carbocycles. The summed E-state index contributed by atoms with van der Waals surface area (Å²) in [5, 5.41) is 0. The van der Waals surface area contributed by atoms with Crippen LogP contribution >= 0.6 is 0 Å². The zero-order valence-electron chi connectivity index (χ0n) is 11.2. The first-order chi connectivity index (χ1) is 8.81. The standard InChI is InChI=1S/C15H24N2O/c1-2-17(11-13-6-4-3-5-7-13)12-15-9-8-14(10-16)18-15/h3-7,14-15H,2,8-12,16H2,1H3. The quantitative estimate of drug-likeness (QED) is 0.837. The van der Waals surface area contributed by atoms with Crippen LogP contribution < -0.4 is 5.73 Å². The van der Waals surface area contributed by atoms with Crippen molar-refractivity contribution in [1.82, 2.24) is 4.90 Å². The fourth-order valence-corrected chi connectivity index (χ4v) is 2.52. The van der Waals surface area contributed by atoms with Crippen LogP contribution in [0.5, 0.6) is 0 Å². The molecule has 18 heavy (non-hydrogen) atoms. The average molecular weight is 248 g/mol. The number of rotatable bonds is 6. The van der Waals surface area contributed by atoms with E-state index in [1.54, 1.807) is 0 Å². The van der Waals surface area contributed by atoms with Gasteiger partial charge < -0.3 is 10.5 Å². The van der Waals surface area contributed by atoms with Gasteiger partial charge in [-0.1, -0.05) is 37.3 Å². The predicted octanol–water partition coefficient (Wildman–Crippen LogP) is 2.01. The molecule has 100 valence electrons. The lowest BCUT2D eigenvalue weighted by molar-refractivity contribution is 0.0265. The van der Waals surface area contributed by atoms with Gasteiger partial charge in [0.1, 0.15) is 0 Å². The molecule has 1 aliphatic heterocycles. The Bertz CT molecular complexity index is 342. The van der Waals surface area contributed by atoms with Crippen molar-refractivity contribution in [1.29, 1.82) is 0 Å². The molecule has 3 heteroatoms. The molecule has 1 aromatic carbocycles. The van der Waals surface area contributed by atoms with Crippen LogP contribution in [0.1, 0.15) is 25.3 Å². The van der Waals surface area contributed by atoms with Gasteiger partial charge >= 0.3 is 0 Å². The second-order valence-corrected chi connectivity index (χ2v) is 5.01. The maximum absolute atomic E-state index is 5.91. The van der Waals surface area contributed by atoms with E-state index >= 15 is 0 Å². The number of hydrogen-bond donors (Lipinski definition) is 1. The number of nitrogens with zero attached hydrogens (tertiary/aromatic N) is 1. The summed E-state index contributed by atoms with van der Waals surface area (Å²) in [4.78, 5) is 2.44. The topological polar surface area (TPSA) is 38.5 Å². The van der Waals surface area contributed by atoms with Gasteiger partial charge in [-0.25, -0.2) is 0 Å². The van der Waals surface area contributed by atoms with Crippen molar-refractivity contribution >= 4 is 0 Å². The van der Waals surface area contributed by atoms with Crippen LogP contribution in [0.4, 0.5) is 0 Å². The molecule has 1 aliphatic rings. The Hall–Kier alpha value is -0.900. The third-order valence-electron chi connectivity index (χ3n) is 3.62. The lowest BCUT2D eigenvalue weighted by Gasteiger charge is -2.24. The molecule has 0 spiro atoms. The van der Waals surface area contributed by atoms with Crippen LogP contribution in [0.2, 0.25) is 0 Å². The number of benzene rings is 1. The summed E-state index contributed by atoms with van der Waals surface area (Å²) >= 11 is 0. The van der Waals surface area contributed by atoms with Crippen LogP contribution in [-0.2, 0) is 11.3 Å². The van der Waals surface area contributed by atoms with Gasteiger partial charge in [-0.15, -0.1) is 0 Å². The van der Waals surface area contributed by atoms with Gasteiger partial charge in [-0.05, 0) is 24.9 Å². The summed E-state index contributed by atoms with van der Waals surface area (Å²) in [7, 11) is 0. The Kier molecular flexibility index (Phi) is 5.17. The highest BCUT2D eigenvalue weighted by atomic mass is 16.5. The smallest absolute Gasteiger partial charge is 0.0707 e. The number of ether oxygens (including phenoxy) is 1. The summed E-state index contributed by atoms with van der Waals surface area (Å²) in [6.07, 6.45) is 2.91. The minimum absolute atomic E-state index is 0.283. The molecular weight excluding hydrogens is 224 g/mol. The van der Waals surface area contributed by atoms with E-state index in [2.05, 4.69) is 42.2 Å². The molecule has 3 nitrogen and oxygen atoms in total. The SMILES string of the molecule is CCN(Cc1ccccc1)CC1CCC(CN)O1. The number of likely N-dealkylation sites (N-methyl/N-ethyl adjacent to an activating group) is 1. The Balaban J connectivity index is 1.83. The Morgan fingerprint density at radius 1 is 1.22 bits per heavy atom. The maximum atomic E-state index is 5.91. The summed E-state index contributed by atoms with van der Waals surface area (Å²) in [6, 6.07) is 10.6. The van der Waals surface area contributed by atoms with Crippen molar-refractivity contribution in [2.24, 2.45) is 5.73 Å². The second-order valence-electron chi connectivity index (χ2n) is 5.01. The van der Waals surface area contributed by atoms with Crippen LogP contribution in [-0.4, -0.2) is 36.7 Å². The molecule has 1 fully saturated rings. The molecule has 0 aliphatic carbocycles. The maximum Gasteiger partial charge on any atom is 0.0707 e. The van der Waals surface area contributed by atoms with Gasteiger partial charge in [-0.3, -0.25) is 4.90 Å². The largest absolute Gasteiger partial charge is 0.372 e. The molecule has 0 aromatic heterocycles. The summed E-state index contributed by atoms with van der Waals surface area (Å²) < 4.78 is 5.91. The highest BCUT2D eigenvalue weighted by Crippen LogP contribution is 2.20. The van der Waals surface area contributed by atoms with E-state index in [4.69, 9.17) is 10.5 Å². The Labute approximate surface area is 110 Å². The number of hydrogen-bond acceptors (Lipinski definition) is 3. The molecule has 2 rings (SSSR count). The van der Waals surface area contributed by atoms with E-state index in [0.717, 1.165) is 32.5 Å². The molecule has 1 heterocycles. The van der Waals surface area contributed by atoms with E-state index in [0.29, 0.717) is 12.6 Å². The van der Waals surface area contributed by atoms with Crippen molar-refractivity contribution in [2.45, 2.75) is 38.5 Å². The van der Waals surface area contributed by atoms with E-state index in [1.165, 1.54) is 5.56 Å². The van der Waals surface area contributed by atoms with Gasteiger partial charge in [0.05, 0.1) is 12.2 Å². The third-order valence-corrected chi connectivity index (χ3v) is 3.62. The Morgan fingerprint density at radius 3 is 2.56 bits per heavy atom. The first kappa shape index (κ1) is 13.5. The molecule has 0 amide bonds.